The van der Waals surface area contributed by atoms with E-state index in [0.717, 1.165) is 24.8 Å². The summed E-state index contributed by atoms with van der Waals surface area (Å²) in [7, 11) is -3.52. The van der Waals surface area contributed by atoms with Gasteiger partial charge in [0.15, 0.2) is 0 Å². The molecular formula is C12H18BrN3O2S. The summed E-state index contributed by atoms with van der Waals surface area (Å²) in [6.45, 7) is 3.04. The molecule has 0 unspecified atom stereocenters. The van der Waals surface area contributed by atoms with Crippen LogP contribution >= 0.6 is 15.9 Å². The largest absolute Gasteiger partial charge is 0.397 e. The van der Waals surface area contributed by atoms with Crippen molar-refractivity contribution in [3.8, 4) is 0 Å². The SMILES string of the molecule is Cc1cc(N)c(NS(=O)(=O)N2CCCCC2)c(Br)c1. The smallest absolute Gasteiger partial charge is 0.301 e. The van der Waals surface area contributed by atoms with E-state index in [1.165, 1.54) is 4.31 Å². The Labute approximate surface area is 122 Å². The highest BCUT2D eigenvalue weighted by Crippen LogP contribution is 2.31. The fraction of sp³-hybridized carbons (Fsp3) is 0.500. The predicted octanol–water partition coefficient (Wildman–Crippen LogP) is 2.48. The molecule has 1 heterocycles. The molecule has 1 aliphatic rings. The Hall–Kier alpha value is -0.790. The zero-order valence-electron chi connectivity index (χ0n) is 10.8. The van der Waals surface area contributed by atoms with Gasteiger partial charge in [-0.05, 0) is 53.4 Å². The molecule has 19 heavy (non-hydrogen) atoms. The molecule has 0 radical (unpaired) electrons. The standard InChI is InChI=1S/C12H18BrN3O2S/c1-9-7-10(13)12(11(14)8-9)15-19(17,18)16-5-3-2-4-6-16/h7-8,15H,2-6,14H2,1H3. The Morgan fingerprint density at radius 2 is 1.89 bits per heavy atom. The molecule has 0 spiro atoms. The molecule has 0 bridgehead atoms. The van der Waals surface area contributed by atoms with Crippen molar-refractivity contribution in [2.45, 2.75) is 26.2 Å². The molecule has 7 heteroatoms. The van der Waals surface area contributed by atoms with Gasteiger partial charge in [0.25, 0.3) is 0 Å². The minimum absolute atomic E-state index is 0.413. The van der Waals surface area contributed by atoms with E-state index in [2.05, 4.69) is 20.7 Å². The van der Waals surface area contributed by atoms with Gasteiger partial charge < -0.3 is 5.73 Å². The molecule has 106 valence electrons. The van der Waals surface area contributed by atoms with E-state index < -0.39 is 10.2 Å². The van der Waals surface area contributed by atoms with E-state index in [0.29, 0.717) is 28.9 Å². The average molecular weight is 348 g/mol. The van der Waals surface area contributed by atoms with Crippen molar-refractivity contribution in [1.29, 1.82) is 0 Å². The van der Waals surface area contributed by atoms with Crippen LogP contribution in [0.25, 0.3) is 0 Å². The van der Waals surface area contributed by atoms with E-state index in [9.17, 15) is 8.42 Å². The van der Waals surface area contributed by atoms with E-state index in [4.69, 9.17) is 5.73 Å². The van der Waals surface area contributed by atoms with Crippen molar-refractivity contribution >= 4 is 37.5 Å². The number of anilines is 2. The van der Waals surface area contributed by atoms with Gasteiger partial charge in [-0.1, -0.05) is 6.42 Å². The molecule has 0 aliphatic carbocycles. The molecule has 0 aromatic heterocycles. The highest BCUT2D eigenvalue weighted by atomic mass is 79.9. The van der Waals surface area contributed by atoms with E-state index in [-0.39, 0.29) is 0 Å². The van der Waals surface area contributed by atoms with Gasteiger partial charge in [0.1, 0.15) is 0 Å². The lowest BCUT2D eigenvalue weighted by Gasteiger charge is -2.26. The first kappa shape index (κ1) is 14.6. The van der Waals surface area contributed by atoms with Gasteiger partial charge in [0.2, 0.25) is 0 Å². The number of piperidine rings is 1. The predicted molar refractivity (Wildman–Crippen MR) is 81.3 cm³/mol. The van der Waals surface area contributed by atoms with Crippen LogP contribution in [0.2, 0.25) is 0 Å². The van der Waals surface area contributed by atoms with Crippen molar-refractivity contribution in [1.82, 2.24) is 4.31 Å². The van der Waals surface area contributed by atoms with Gasteiger partial charge in [-0.25, -0.2) is 0 Å². The maximum atomic E-state index is 12.3. The summed E-state index contributed by atoms with van der Waals surface area (Å²) in [5.74, 6) is 0. The van der Waals surface area contributed by atoms with Crippen molar-refractivity contribution < 1.29 is 8.42 Å². The number of rotatable bonds is 3. The highest BCUT2D eigenvalue weighted by molar-refractivity contribution is 9.10. The number of nitrogens with two attached hydrogens (primary N) is 1. The molecule has 1 saturated heterocycles. The molecule has 1 aliphatic heterocycles. The second kappa shape index (κ2) is 5.68. The highest BCUT2D eigenvalue weighted by Gasteiger charge is 2.25. The number of benzene rings is 1. The monoisotopic (exact) mass is 347 g/mol. The lowest BCUT2D eigenvalue weighted by atomic mass is 10.2. The fourth-order valence-corrected chi connectivity index (χ4v) is 4.35. The molecule has 3 N–H and O–H groups in total. The van der Waals surface area contributed by atoms with Gasteiger partial charge in [-0.3, -0.25) is 4.72 Å². The third kappa shape index (κ3) is 3.40. The number of hydrogen-bond acceptors (Lipinski definition) is 3. The normalized spacial score (nSPS) is 17.4. The van der Waals surface area contributed by atoms with Gasteiger partial charge in [0, 0.05) is 17.6 Å². The minimum atomic E-state index is -3.52. The summed E-state index contributed by atoms with van der Waals surface area (Å²) in [6.07, 6.45) is 2.90. The summed E-state index contributed by atoms with van der Waals surface area (Å²) in [5, 5.41) is 0. The summed E-state index contributed by atoms with van der Waals surface area (Å²) in [5.41, 5.74) is 7.70. The topological polar surface area (TPSA) is 75.4 Å². The quantitative estimate of drug-likeness (QED) is 0.824. The van der Waals surface area contributed by atoms with Crippen LogP contribution in [0.1, 0.15) is 24.8 Å². The van der Waals surface area contributed by atoms with Crippen LogP contribution in [-0.2, 0) is 10.2 Å². The number of nitrogen functional groups attached to an aromatic ring is 1. The molecule has 5 nitrogen and oxygen atoms in total. The molecule has 0 saturated carbocycles. The number of nitrogens with one attached hydrogen (secondary N) is 1. The molecule has 1 fully saturated rings. The fourth-order valence-electron chi connectivity index (χ4n) is 2.18. The molecular weight excluding hydrogens is 330 g/mol. The average Bonchev–Trinajstić information content (AvgIpc) is 2.35. The summed E-state index contributed by atoms with van der Waals surface area (Å²) in [6, 6.07) is 3.59. The van der Waals surface area contributed by atoms with Crippen LogP contribution in [-0.4, -0.2) is 25.8 Å². The maximum absolute atomic E-state index is 12.3. The number of nitrogens with zero attached hydrogens (tertiary/aromatic N) is 1. The summed E-state index contributed by atoms with van der Waals surface area (Å²) in [4.78, 5) is 0. The second-order valence-corrected chi connectivity index (χ2v) is 7.30. The first-order valence-corrected chi connectivity index (χ1v) is 8.47. The zero-order chi connectivity index (χ0) is 14.0. The third-order valence-electron chi connectivity index (χ3n) is 3.15. The summed E-state index contributed by atoms with van der Waals surface area (Å²) >= 11 is 3.35. The van der Waals surface area contributed by atoms with Gasteiger partial charge >= 0.3 is 10.2 Å². The second-order valence-electron chi connectivity index (χ2n) is 4.78. The zero-order valence-corrected chi connectivity index (χ0v) is 13.2. The van der Waals surface area contributed by atoms with E-state index >= 15 is 0 Å². The molecule has 2 rings (SSSR count). The Balaban J connectivity index is 2.25. The summed E-state index contributed by atoms with van der Waals surface area (Å²) < 4.78 is 29.3. The molecule has 1 aromatic rings. The first-order chi connectivity index (χ1) is 8.90. The lowest BCUT2D eigenvalue weighted by Crippen LogP contribution is -2.39. The number of aryl methyl sites for hydroxylation is 1. The van der Waals surface area contributed by atoms with Gasteiger partial charge in [-0.2, -0.15) is 12.7 Å². The third-order valence-corrected chi connectivity index (χ3v) is 5.28. The molecule has 1 aromatic carbocycles. The van der Waals surface area contributed by atoms with Crippen LogP contribution in [0.5, 0.6) is 0 Å². The van der Waals surface area contributed by atoms with Crippen LogP contribution in [0, 0.1) is 6.92 Å². The van der Waals surface area contributed by atoms with Crippen molar-refractivity contribution in [3.05, 3.63) is 22.2 Å². The Bertz CT molecular complexity index is 545. The maximum Gasteiger partial charge on any atom is 0.301 e. The number of halogens is 1. The number of hydrogen-bond donors (Lipinski definition) is 2. The van der Waals surface area contributed by atoms with Crippen molar-refractivity contribution in [3.63, 3.8) is 0 Å². The Morgan fingerprint density at radius 3 is 2.47 bits per heavy atom. The molecule has 0 atom stereocenters. The minimum Gasteiger partial charge on any atom is -0.397 e. The van der Waals surface area contributed by atoms with Crippen LogP contribution in [0.4, 0.5) is 11.4 Å². The van der Waals surface area contributed by atoms with Crippen LogP contribution < -0.4 is 10.5 Å². The lowest BCUT2D eigenvalue weighted by molar-refractivity contribution is 0.349. The van der Waals surface area contributed by atoms with E-state index in [1.54, 1.807) is 6.07 Å². The first-order valence-electron chi connectivity index (χ1n) is 6.23. The van der Waals surface area contributed by atoms with Crippen LogP contribution in [0.3, 0.4) is 0 Å². The molecule has 0 amide bonds. The Morgan fingerprint density at radius 1 is 1.26 bits per heavy atom. The van der Waals surface area contributed by atoms with Gasteiger partial charge in [0.05, 0.1) is 11.4 Å². The van der Waals surface area contributed by atoms with E-state index in [1.807, 2.05) is 13.0 Å². The van der Waals surface area contributed by atoms with Crippen molar-refractivity contribution in [2.24, 2.45) is 0 Å². The van der Waals surface area contributed by atoms with Crippen LogP contribution in [0.15, 0.2) is 16.6 Å². The Kier molecular flexibility index (Phi) is 4.37. The van der Waals surface area contributed by atoms with Crippen molar-refractivity contribution in [2.75, 3.05) is 23.5 Å². The van der Waals surface area contributed by atoms with Gasteiger partial charge in [-0.15, -0.1) is 0 Å².